The van der Waals surface area contributed by atoms with Crippen LogP contribution >= 0.6 is 11.5 Å². The second-order valence-electron chi connectivity index (χ2n) is 4.56. The second-order valence-corrected chi connectivity index (χ2v) is 5.39. The molecule has 2 N–H and O–H groups in total. The Balaban J connectivity index is 1.78. The Hall–Kier alpha value is -0.930. The molecule has 1 heterocycles. The summed E-state index contributed by atoms with van der Waals surface area (Å²) in [5, 5.41) is 1.26. The highest BCUT2D eigenvalue weighted by atomic mass is 32.1. The lowest BCUT2D eigenvalue weighted by Crippen LogP contribution is -2.21. The molecule has 3 rings (SSSR count). The van der Waals surface area contributed by atoms with E-state index in [1.54, 1.807) is 11.5 Å². The lowest BCUT2D eigenvalue weighted by atomic mass is 10.0. The molecule has 1 aromatic heterocycles. The minimum Gasteiger partial charge on any atom is -0.325 e. The van der Waals surface area contributed by atoms with Crippen LogP contribution in [0.25, 0.3) is 10.1 Å². The third kappa shape index (κ3) is 1.90. The Bertz CT molecular complexity index is 485. The van der Waals surface area contributed by atoms with Crippen molar-refractivity contribution in [3.63, 3.8) is 0 Å². The van der Waals surface area contributed by atoms with Gasteiger partial charge in [0, 0.05) is 17.1 Å². The molecule has 78 valence electrons. The fourth-order valence-corrected chi connectivity index (χ4v) is 2.51. The van der Waals surface area contributed by atoms with E-state index in [0.29, 0.717) is 0 Å². The predicted molar refractivity (Wildman–Crippen MR) is 64.1 cm³/mol. The fraction of sp³-hybridized carbons (Fsp3) is 0.417. The van der Waals surface area contributed by atoms with Crippen LogP contribution in [0.5, 0.6) is 0 Å². The highest BCUT2D eigenvalue weighted by Crippen LogP contribution is 2.36. The first-order valence-electron chi connectivity index (χ1n) is 5.37. The largest absolute Gasteiger partial charge is 0.325 e. The standard InChI is InChI=1S/C12H14N2S/c13-12(5-6-12)4-3-9-1-2-11-10(7-9)8-14-15-11/h1-2,7-8H,3-6,13H2. The number of benzene rings is 1. The quantitative estimate of drug-likeness (QED) is 0.860. The van der Waals surface area contributed by atoms with Crippen molar-refractivity contribution < 1.29 is 0 Å². The molecule has 15 heavy (non-hydrogen) atoms. The molecule has 0 saturated heterocycles. The van der Waals surface area contributed by atoms with Gasteiger partial charge in [0.15, 0.2) is 0 Å². The smallest absolute Gasteiger partial charge is 0.0550 e. The zero-order chi connectivity index (χ0) is 10.3. The van der Waals surface area contributed by atoms with Gasteiger partial charge >= 0.3 is 0 Å². The van der Waals surface area contributed by atoms with E-state index < -0.39 is 0 Å². The molecule has 1 fully saturated rings. The van der Waals surface area contributed by atoms with Crippen molar-refractivity contribution in [1.82, 2.24) is 4.37 Å². The number of aromatic nitrogens is 1. The Labute approximate surface area is 93.3 Å². The number of nitrogens with two attached hydrogens (primary N) is 1. The molecule has 1 aliphatic rings. The van der Waals surface area contributed by atoms with E-state index in [4.69, 9.17) is 5.73 Å². The molecule has 1 saturated carbocycles. The van der Waals surface area contributed by atoms with Crippen molar-refractivity contribution in [2.75, 3.05) is 0 Å². The highest BCUT2D eigenvalue weighted by molar-refractivity contribution is 7.13. The van der Waals surface area contributed by atoms with Crippen LogP contribution in [-0.4, -0.2) is 9.91 Å². The first kappa shape index (κ1) is 9.31. The minimum atomic E-state index is 0.169. The van der Waals surface area contributed by atoms with Crippen molar-refractivity contribution in [1.29, 1.82) is 0 Å². The molecular weight excluding hydrogens is 204 g/mol. The number of nitrogens with zero attached hydrogens (tertiary/aromatic N) is 1. The fourth-order valence-electron chi connectivity index (χ4n) is 1.88. The molecular formula is C12H14N2S. The molecule has 0 unspecified atom stereocenters. The Morgan fingerprint density at radius 2 is 2.27 bits per heavy atom. The van der Waals surface area contributed by atoms with E-state index in [1.807, 2.05) is 6.20 Å². The van der Waals surface area contributed by atoms with Crippen molar-refractivity contribution >= 4 is 21.6 Å². The van der Waals surface area contributed by atoms with E-state index in [0.717, 1.165) is 12.8 Å². The van der Waals surface area contributed by atoms with Gasteiger partial charge in [-0.3, -0.25) is 0 Å². The van der Waals surface area contributed by atoms with E-state index in [9.17, 15) is 0 Å². The van der Waals surface area contributed by atoms with Crippen LogP contribution in [0.1, 0.15) is 24.8 Å². The lowest BCUT2D eigenvalue weighted by Gasteiger charge is -2.07. The highest BCUT2D eigenvalue weighted by Gasteiger charge is 2.37. The molecule has 0 aliphatic heterocycles. The molecule has 3 heteroatoms. The number of aryl methyl sites for hydroxylation is 1. The van der Waals surface area contributed by atoms with E-state index in [-0.39, 0.29) is 5.54 Å². The second kappa shape index (κ2) is 3.29. The van der Waals surface area contributed by atoms with Gasteiger partial charge in [-0.2, -0.15) is 4.37 Å². The first-order valence-corrected chi connectivity index (χ1v) is 6.15. The van der Waals surface area contributed by atoms with E-state index in [2.05, 4.69) is 22.6 Å². The van der Waals surface area contributed by atoms with Gasteiger partial charge < -0.3 is 5.73 Å². The third-order valence-corrected chi connectivity index (χ3v) is 4.00. The summed E-state index contributed by atoms with van der Waals surface area (Å²) in [6.07, 6.45) is 6.57. The monoisotopic (exact) mass is 218 g/mol. The van der Waals surface area contributed by atoms with Crippen LogP contribution in [0.3, 0.4) is 0 Å². The summed E-state index contributed by atoms with van der Waals surface area (Å²) in [6, 6.07) is 6.61. The van der Waals surface area contributed by atoms with Gasteiger partial charge in [0.2, 0.25) is 0 Å². The van der Waals surface area contributed by atoms with Crippen molar-refractivity contribution in [3.8, 4) is 0 Å². The van der Waals surface area contributed by atoms with Gasteiger partial charge in [-0.1, -0.05) is 6.07 Å². The van der Waals surface area contributed by atoms with Gasteiger partial charge in [-0.15, -0.1) is 0 Å². The Morgan fingerprint density at radius 3 is 3.07 bits per heavy atom. The number of rotatable bonds is 3. The number of fused-ring (bicyclic) bond motifs is 1. The molecule has 2 nitrogen and oxygen atoms in total. The number of hydrogen-bond donors (Lipinski definition) is 1. The van der Waals surface area contributed by atoms with Gasteiger partial charge in [-0.05, 0) is 54.9 Å². The predicted octanol–water partition coefficient (Wildman–Crippen LogP) is 2.72. The SMILES string of the molecule is NC1(CCc2ccc3sncc3c2)CC1. The Kier molecular flexibility index (Phi) is 2.04. The summed E-state index contributed by atoms with van der Waals surface area (Å²) in [6.45, 7) is 0. The maximum absolute atomic E-state index is 6.08. The molecule has 0 atom stereocenters. The van der Waals surface area contributed by atoms with E-state index in [1.165, 1.54) is 28.5 Å². The average molecular weight is 218 g/mol. The first-order chi connectivity index (χ1) is 7.25. The topological polar surface area (TPSA) is 38.9 Å². The van der Waals surface area contributed by atoms with E-state index >= 15 is 0 Å². The minimum absolute atomic E-state index is 0.169. The van der Waals surface area contributed by atoms with Crippen LogP contribution in [0.4, 0.5) is 0 Å². The van der Waals surface area contributed by atoms with Crippen LogP contribution < -0.4 is 5.73 Å². The lowest BCUT2D eigenvalue weighted by molar-refractivity contribution is 0.609. The third-order valence-electron chi connectivity index (χ3n) is 3.22. The summed E-state index contributed by atoms with van der Waals surface area (Å²) in [5.74, 6) is 0. The average Bonchev–Trinajstić information content (AvgIpc) is 2.80. The molecule has 0 bridgehead atoms. The van der Waals surface area contributed by atoms with Crippen LogP contribution in [0.2, 0.25) is 0 Å². The summed E-state index contributed by atoms with van der Waals surface area (Å²) in [7, 11) is 0. The van der Waals surface area contributed by atoms with Gasteiger partial charge in [0.25, 0.3) is 0 Å². The maximum atomic E-state index is 6.08. The summed E-state index contributed by atoms with van der Waals surface area (Å²) >= 11 is 1.56. The van der Waals surface area contributed by atoms with Crippen molar-refractivity contribution in [2.45, 2.75) is 31.2 Å². The molecule has 1 aromatic carbocycles. The van der Waals surface area contributed by atoms with Gasteiger partial charge in [-0.25, -0.2) is 0 Å². The molecule has 2 aromatic rings. The normalized spacial score (nSPS) is 18.2. The summed E-state index contributed by atoms with van der Waals surface area (Å²) in [5.41, 5.74) is 7.63. The zero-order valence-electron chi connectivity index (χ0n) is 8.57. The van der Waals surface area contributed by atoms with Gasteiger partial charge in [0.1, 0.15) is 0 Å². The van der Waals surface area contributed by atoms with Crippen LogP contribution in [0.15, 0.2) is 24.4 Å². The molecule has 0 spiro atoms. The van der Waals surface area contributed by atoms with Crippen LogP contribution in [-0.2, 0) is 6.42 Å². The van der Waals surface area contributed by atoms with Crippen molar-refractivity contribution in [3.05, 3.63) is 30.0 Å². The molecule has 1 aliphatic carbocycles. The van der Waals surface area contributed by atoms with Crippen molar-refractivity contribution in [2.24, 2.45) is 5.73 Å². The summed E-state index contributed by atoms with van der Waals surface area (Å²) < 4.78 is 5.45. The molecule has 0 amide bonds. The molecule has 0 radical (unpaired) electrons. The number of hydrogen-bond acceptors (Lipinski definition) is 3. The summed E-state index contributed by atoms with van der Waals surface area (Å²) in [4.78, 5) is 0. The van der Waals surface area contributed by atoms with Gasteiger partial charge in [0.05, 0.1) is 4.70 Å². The van der Waals surface area contributed by atoms with Crippen LogP contribution in [0, 0.1) is 0 Å². The Morgan fingerprint density at radius 1 is 1.40 bits per heavy atom. The maximum Gasteiger partial charge on any atom is 0.0550 e. The zero-order valence-corrected chi connectivity index (χ0v) is 9.39.